The van der Waals surface area contributed by atoms with E-state index in [0.717, 1.165) is 5.56 Å². The molecule has 0 aliphatic carbocycles. The van der Waals surface area contributed by atoms with Crippen LogP contribution in [0.3, 0.4) is 0 Å². The highest BCUT2D eigenvalue weighted by Gasteiger charge is 2.36. The summed E-state index contributed by atoms with van der Waals surface area (Å²) >= 11 is 1.60. The number of rotatable bonds is 4. The monoisotopic (exact) mass is 390 g/mol. The van der Waals surface area contributed by atoms with Gasteiger partial charge in [-0.1, -0.05) is 17.7 Å². The van der Waals surface area contributed by atoms with Gasteiger partial charge in [0, 0.05) is 12.3 Å². The molecule has 3 heterocycles. The van der Waals surface area contributed by atoms with Crippen molar-refractivity contribution in [3.8, 4) is 0 Å². The lowest BCUT2D eigenvalue weighted by atomic mass is 10.2. The molecule has 0 bridgehead atoms. The third-order valence-electron chi connectivity index (χ3n) is 4.40. The van der Waals surface area contributed by atoms with Gasteiger partial charge in [0.25, 0.3) is 0 Å². The number of anilines is 1. The Morgan fingerprint density at radius 3 is 2.77 bits per heavy atom. The van der Waals surface area contributed by atoms with Crippen molar-refractivity contribution in [3.05, 3.63) is 42.5 Å². The summed E-state index contributed by atoms with van der Waals surface area (Å²) in [7, 11) is -3.55. The van der Waals surface area contributed by atoms with E-state index >= 15 is 0 Å². The van der Waals surface area contributed by atoms with Crippen molar-refractivity contribution < 1.29 is 8.42 Å². The topological polar surface area (TPSA) is 107 Å². The molecule has 0 spiro atoms. The fraction of sp³-hybridized carbons (Fsp3) is 0.312. The van der Waals surface area contributed by atoms with Crippen molar-refractivity contribution in [1.82, 2.24) is 23.8 Å². The van der Waals surface area contributed by atoms with Gasteiger partial charge in [0.15, 0.2) is 11.5 Å². The van der Waals surface area contributed by atoms with Crippen molar-refractivity contribution in [2.24, 2.45) is 0 Å². The Morgan fingerprint density at radius 1 is 1.23 bits per heavy atom. The second kappa shape index (κ2) is 6.53. The molecule has 26 heavy (non-hydrogen) atoms. The predicted molar refractivity (Wildman–Crippen MR) is 101 cm³/mol. The van der Waals surface area contributed by atoms with Gasteiger partial charge in [0.2, 0.25) is 10.0 Å². The molecular formula is C16H18N6O2S2. The highest BCUT2D eigenvalue weighted by Crippen LogP contribution is 2.30. The highest BCUT2D eigenvalue weighted by molar-refractivity contribution is 8.00. The molecule has 0 amide bonds. The molecule has 10 heteroatoms. The maximum Gasteiger partial charge on any atom is 0.244 e. The van der Waals surface area contributed by atoms with Crippen molar-refractivity contribution in [1.29, 1.82) is 0 Å². The van der Waals surface area contributed by atoms with Crippen molar-refractivity contribution in [2.75, 3.05) is 17.4 Å². The van der Waals surface area contributed by atoms with Gasteiger partial charge < -0.3 is 10.3 Å². The number of imidazole rings is 1. The molecule has 4 rings (SSSR count). The molecule has 1 fully saturated rings. The van der Waals surface area contributed by atoms with E-state index in [0.29, 0.717) is 40.1 Å². The van der Waals surface area contributed by atoms with Crippen LogP contribution in [0.4, 0.5) is 5.82 Å². The van der Waals surface area contributed by atoms with Crippen LogP contribution in [-0.4, -0.2) is 49.9 Å². The number of aromatic nitrogens is 4. The quantitative estimate of drug-likeness (QED) is 0.719. The molecule has 1 aliphatic heterocycles. The fourth-order valence-electron chi connectivity index (χ4n) is 2.98. The van der Waals surface area contributed by atoms with Gasteiger partial charge in [-0.2, -0.15) is 4.31 Å². The molecule has 8 nitrogen and oxygen atoms in total. The van der Waals surface area contributed by atoms with Gasteiger partial charge in [-0.25, -0.2) is 23.4 Å². The molecular weight excluding hydrogens is 372 g/mol. The Bertz CT molecular complexity index is 1050. The van der Waals surface area contributed by atoms with E-state index in [1.54, 1.807) is 34.5 Å². The lowest BCUT2D eigenvalue weighted by Gasteiger charge is -2.23. The first-order chi connectivity index (χ1) is 12.5. The molecule has 1 aliphatic rings. The molecule has 136 valence electrons. The first kappa shape index (κ1) is 17.3. The Kier molecular flexibility index (Phi) is 4.33. The zero-order valence-corrected chi connectivity index (χ0v) is 15.7. The van der Waals surface area contributed by atoms with Gasteiger partial charge >= 0.3 is 0 Å². The molecule has 2 aromatic heterocycles. The van der Waals surface area contributed by atoms with E-state index in [-0.39, 0.29) is 6.04 Å². The highest BCUT2D eigenvalue weighted by atomic mass is 32.2. The van der Waals surface area contributed by atoms with Crippen LogP contribution in [0.5, 0.6) is 0 Å². The average molecular weight is 390 g/mol. The minimum atomic E-state index is -3.55. The zero-order valence-electron chi connectivity index (χ0n) is 14.1. The van der Waals surface area contributed by atoms with Crippen LogP contribution < -0.4 is 5.73 Å². The van der Waals surface area contributed by atoms with E-state index in [1.165, 1.54) is 6.33 Å². The molecule has 0 radical (unpaired) electrons. The van der Waals surface area contributed by atoms with Gasteiger partial charge in [0.05, 0.1) is 23.1 Å². The number of aryl methyl sites for hydroxylation is 1. The average Bonchev–Trinajstić information content (AvgIpc) is 3.24. The normalized spacial score (nSPS) is 18.6. The molecule has 0 unspecified atom stereocenters. The van der Waals surface area contributed by atoms with E-state index in [4.69, 9.17) is 5.73 Å². The summed E-state index contributed by atoms with van der Waals surface area (Å²) in [4.78, 5) is 12.7. The first-order valence-electron chi connectivity index (χ1n) is 8.04. The Balaban J connectivity index is 1.64. The van der Waals surface area contributed by atoms with Crippen molar-refractivity contribution >= 4 is 38.8 Å². The lowest BCUT2D eigenvalue weighted by Crippen LogP contribution is -2.39. The fourth-order valence-corrected chi connectivity index (χ4v) is 6.19. The van der Waals surface area contributed by atoms with Crippen LogP contribution in [0.2, 0.25) is 0 Å². The minimum Gasteiger partial charge on any atom is -0.382 e. The summed E-state index contributed by atoms with van der Waals surface area (Å²) < 4.78 is 29.5. The lowest BCUT2D eigenvalue weighted by molar-refractivity contribution is 0.365. The maximum atomic E-state index is 13.0. The number of nitrogens with zero attached hydrogens (tertiary/aromatic N) is 5. The van der Waals surface area contributed by atoms with Crippen LogP contribution in [0.15, 0.2) is 41.8 Å². The van der Waals surface area contributed by atoms with Crippen LogP contribution in [0.25, 0.3) is 11.2 Å². The number of hydrogen-bond donors (Lipinski definition) is 1. The summed E-state index contributed by atoms with van der Waals surface area (Å²) in [6.07, 6.45) is 3.02. The second-order valence-corrected chi connectivity index (χ2v) is 9.08. The number of fused-ring (bicyclic) bond motifs is 1. The number of nitrogens with two attached hydrogens (primary N) is 1. The molecule has 3 aromatic rings. The summed E-state index contributed by atoms with van der Waals surface area (Å²) in [6, 6.07) is 6.76. The smallest absolute Gasteiger partial charge is 0.244 e. The predicted octanol–water partition coefficient (Wildman–Crippen LogP) is 1.48. The van der Waals surface area contributed by atoms with Gasteiger partial charge in [0.1, 0.15) is 11.8 Å². The number of sulfonamides is 1. The summed E-state index contributed by atoms with van der Waals surface area (Å²) in [6.45, 7) is 2.40. The molecule has 1 atom stereocenters. The molecule has 0 saturated carbocycles. The van der Waals surface area contributed by atoms with Crippen molar-refractivity contribution in [3.63, 3.8) is 0 Å². The first-order valence-corrected chi connectivity index (χ1v) is 10.6. The summed E-state index contributed by atoms with van der Waals surface area (Å²) in [5.74, 6) is 1.47. The van der Waals surface area contributed by atoms with Crippen LogP contribution in [0.1, 0.15) is 5.56 Å². The summed E-state index contributed by atoms with van der Waals surface area (Å²) in [5, 5.41) is 0. The minimum absolute atomic E-state index is 0.181. The standard InChI is InChI=1S/C16H18N6O2S2/c1-11-2-4-13(5-3-11)26(23,24)22-10-25-7-12(22)6-21-9-20-14-15(17)18-8-19-16(14)21/h2-5,8-9,12H,6-7,10H2,1H3,(H2,17,18,19)/t12-/m0/s1. The summed E-state index contributed by atoms with van der Waals surface area (Å²) in [5.41, 5.74) is 8.00. The number of thioether (sulfide) groups is 1. The molecule has 1 saturated heterocycles. The molecule has 2 N–H and O–H groups in total. The van der Waals surface area contributed by atoms with Crippen molar-refractivity contribution in [2.45, 2.75) is 24.4 Å². The second-order valence-electron chi connectivity index (χ2n) is 6.19. The van der Waals surface area contributed by atoms with Gasteiger partial charge in [-0.3, -0.25) is 0 Å². The number of benzene rings is 1. The van der Waals surface area contributed by atoms with E-state index in [1.807, 2.05) is 23.6 Å². The SMILES string of the molecule is Cc1ccc(S(=O)(=O)N2CSC[C@@H]2Cn2cnc3c(N)ncnc32)cc1. The Labute approximate surface area is 155 Å². The van der Waals surface area contributed by atoms with Gasteiger partial charge in [-0.05, 0) is 19.1 Å². The number of hydrogen-bond acceptors (Lipinski definition) is 7. The Hall–Kier alpha value is -2.17. The van der Waals surface area contributed by atoms with E-state index in [2.05, 4.69) is 15.0 Å². The maximum absolute atomic E-state index is 13.0. The van der Waals surface area contributed by atoms with Crippen LogP contribution >= 0.6 is 11.8 Å². The van der Waals surface area contributed by atoms with Crippen LogP contribution in [0, 0.1) is 6.92 Å². The molecule has 1 aromatic carbocycles. The largest absolute Gasteiger partial charge is 0.382 e. The van der Waals surface area contributed by atoms with E-state index < -0.39 is 10.0 Å². The Morgan fingerprint density at radius 2 is 2.00 bits per heavy atom. The van der Waals surface area contributed by atoms with Crippen LogP contribution in [-0.2, 0) is 16.6 Å². The number of nitrogen functional groups attached to an aromatic ring is 1. The van der Waals surface area contributed by atoms with Gasteiger partial charge in [-0.15, -0.1) is 11.8 Å². The zero-order chi connectivity index (χ0) is 18.3. The third-order valence-corrected chi connectivity index (χ3v) is 7.56. The van der Waals surface area contributed by atoms with E-state index in [9.17, 15) is 8.42 Å². The third kappa shape index (κ3) is 2.93.